The van der Waals surface area contributed by atoms with E-state index in [1.807, 2.05) is 23.2 Å². The third-order valence-electron chi connectivity index (χ3n) is 4.57. The first-order chi connectivity index (χ1) is 12.1. The highest BCUT2D eigenvalue weighted by molar-refractivity contribution is 5.91. The Hall–Kier alpha value is -2.67. The van der Waals surface area contributed by atoms with E-state index in [0.717, 1.165) is 16.5 Å². The third-order valence-corrected chi connectivity index (χ3v) is 4.57. The third kappa shape index (κ3) is 3.02. The molecule has 130 valence electrons. The molecular weight excluding hydrogens is 320 g/mol. The molecule has 1 atom stereocenters. The molecule has 0 bridgehead atoms. The van der Waals surface area contributed by atoms with Gasteiger partial charge in [0.1, 0.15) is 0 Å². The van der Waals surface area contributed by atoms with Crippen LogP contribution in [0.2, 0.25) is 0 Å². The molecule has 1 N–H and O–H groups in total. The molecule has 1 fully saturated rings. The number of hydrogen-bond donors (Lipinski definition) is 1. The highest BCUT2D eigenvalue weighted by Gasteiger charge is 2.29. The molecule has 0 spiro atoms. The maximum Gasteiger partial charge on any atom is 0.246 e. The number of aromatic amines is 1. The van der Waals surface area contributed by atoms with Crippen LogP contribution in [-0.2, 0) is 16.0 Å². The second-order valence-electron chi connectivity index (χ2n) is 6.35. The highest BCUT2D eigenvalue weighted by atomic mass is 16.5. The average Bonchev–Trinajstić information content (AvgIpc) is 3.22. The van der Waals surface area contributed by atoms with Gasteiger partial charge in [0, 0.05) is 30.6 Å². The van der Waals surface area contributed by atoms with E-state index in [1.165, 1.54) is 5.56 Å². The molecule has 1 aliphatic heterocycles. The first-order valence-corrected chi connectivity index (χ1v) is 8.37. The van der Waals surface area contributed by atoms with Gasteiger partial charge < -0.3 is 19.0 Å². The normalized spacial score (nSPS) is 18.0. The van der Waals surface area contributed by atoms with Crippen molar-refractivity contribution < 1.29 is 13.9 Å². The Kier molecular flexibility index (Phi) is 4.01. The highest BCUT2D eigenvalue weighted by Crippen LogP contribution is 2.25. The molecule has 25 heavy (non-hydrogen) atoms. The van der Waals surface area contributed by atoms with Crippen LogP contribution in [0.3, 0.4) is 0 Å². The number of morpholine rings is 1. The van der Waals surface area contributed by atoms with Crippen molar-refractivity contribution in [2.75, 3.05) is 19.7 Å². The topological polar surface area (TPSA) is 84.2 Å². The van der Waals surface area contributed by atoms with E-state index < -0.39 is 0 Å². The number of carbonyl (C=O) groups excluding carboxylic acids is 1. The fourth-order valence-electron chi connectivity index (χ4n) is 3.33. The summed E-state index contributed by atoms with van der Waals surface area (Å²) in [7, 11) is 0. The van der Waals surface area contributed by atoms with Crippen LogP contribution in [0, 0.1) is 13.8 Å². The fourth-order valence-corrected chi connectivity index (χ4v) is 3.33. The lowest BCUT2D eigenvalue weighted by Crippen LogP contribution is -2.43. The van der Waals surface area contributed by atoms with Crippen LogP contribution in [0.25, 0.3) is 10.9 Å². The van der Waals surface area contributed by atoms with Crippen LogP contribution in [-0.4, -0.2) is 45.7 Å². The summed E-state index contributed by atoms with van der Waals surface area (Å²) in [5, 5.41) is 8.97. The van der Waals surface area contributed by atoms with E-state index >= 15 is 0 Å². The van der Waals surface area contributed by atoms with Crippen molar-refractivity contribution in [3.63, 3.8) is 0 Å². The molecule has 2 aromatic heterocycles. The molecule has 7 nitrogen and oxygen atoms in total. The smallest absolute Gasteiger partial charge is 0.246 e. The van der Waals surface area contributed by atoms with E-state index in [4.69, 9.17) is 9.15 Å². The molecule has 1 aliphatic rings. The number of ether oxygens (including phenoxy) is 1. The first-order valence-electron chi connectivity index (χ1n) is 8.37. The second kappa shape index (κ2) is 6.33. The Morgan fingerprint density at radius 1 is 1.36 bits per heavy atom. The zero-order valence-corrected chi connectivity index (χ0v) is 14.3. The van der Waals surface area contributed by atoms with Crippen LogP contribution >= 0.6 is 0 Å². The number of nitrogens with one attached hydrogen (secondary N) is 1. The monoisotopic (exact) mass is 340 g/mol. The standard InChI is InChI=1S/C18H20N4O3/c1-11-4-3-5-14-17(11)13(9-19-14)8-16(23)22-6-7-24-15(10-22)18-21-20-12(2)25-18/h3-5,9,15,19H,6-8,10H2,1-2H3/t15-/m0/s1. The summed E-state index contributed by atoms with van der Waals surface area (Å²) in [5.74, 6) is 1.00. The molecule has 3 aromatic rings. The molecule has 1 amide bonds. The molecule has 3 heterocycles. The van der Waals surface area contributed by atoms with Crippen molar-refractivity contribution in [2.24, 2.45) is 0 Å². The summed E-state index contributed by atoms with van der Waals surface area (Å²) in [6.45, 7) is 5.27. The van der Waals surface area contributed by atoms with Gasteiger partial charge in [0.05, 0.1) is 19.6 Å². The van der Waals surface area contributed by atoms with E-state index in [1.54, 1.807) is 6.92 Å². The lowest BCUT2D eigenvalue weighted by atomic mass is 10.0. The second-order valence-corrected chi connectivity index (χ2v) is 6.35. The van der Waals surface area contributed by atoms with Gasteiger partial charge in [-0.15, -0.1) is 10.2 Å². The van der Waals surface area contributed by atoms with E-state index in [9.17, 15) is 4.79 Å². The molecular formula is C18H20N4O3. The van der Waals surface area contributed by atoms with E-state index in [2.05, 4.69) is 28.2 Å². The number of aromatic nitrogens is 3. The zero-order valence-electron chi connectivity index (χ0n) is 14.3. The summed E-state index contributed by atoms with van der Waals surface area (Å²) >= 11 is 0. The summed E-state index contributed by atoms with van der Waals surface area (Å²) in [6, 6.07) is 6.10. The molecule has 1 saturated heterocycles. The molecule has 0 saturated carbocycles. The Labute approximate surface area is 145 Å². The minimum absolute atomic E-state index is 0.0775. The molecule has 0 radical (unpaired) electrons. The van der Waals surface area contributed by atoms with Gasteiger partial charge in [-0.2, -0.15) is 0 Å². The predicted octanol–water partition coefficient (Wildman–Crippen LogP) is 2.31. The summed E-state index contributed by atoms with van der Waals surface area (Å²) < 4.78 is 11.1. The van der Waals surface area contributed by atoms with Gasteiger partial charge in [-0.1, -0.05) is 12.1 Å². The number of aryl methyl sites for hydroxylation is 2. The van der Waals surface area contributed by atoms with Crippen molar-refractivity contribution >= 4 is 16.8 Å². The number of carbonyl (C=O) groups is 1. The van der Waals surface area contributed by atoms with Gasteiger partial charge >= 0.3 is 0 Å². The number of nitrogens with zero attached hydrogens (tertiary/aromatic N) is 3. The Bertz CT molecular complexity index is 914. The van der Waals surface area contributed by atoms with Crippen LogP contribution in [0.4, 0.5) is 0 Å². The largest absolute Gasteiger partial charge is 0.423 e. The quantitative estimate of drug-likeness (QED) is 0.791. The molecule has 0 aliphatic carbocycles. The summed E-state index contributed by atoms with van der Waals surface area (Å²) in [4.78, 5) is 17.8. The zero-order chi connectivity index (χ0) is 17.4. The molecule has 4 rings (SSSR count). The lowest BCUT2D eigenvalue weighted by Gasteiger charge is -2.31. The van der Waals surface area contributed by atoms with Crippen LogP contribution in [0.1, 0.15) is 29.0 Å². The number of amides is 1. The minimum Gasteiger partial charge on any atom is -0.423 e. The van der Waals surface area contributed by atoms with Crippen molar-refractivity contribution in [3.8, 4) is 0 Å². The molecule has 7 heteroatoms. The number of fused-ring (bicyclic) bond motifs is 1. The number of hydrogen-bond acceptors (Lipinski definition) is 5. The first kappa shape index (κ1) is 15.8. The van der Waals surface area contributed by atoms with Crippen LogP contribution in [0.15, 0.2) is 28.8 Å². The van der Waals surface area contributed by atoms with Gasteiger partial charge in [0.25, 0.3) is 0 Å². The molecule has 0 unspecified atom stereocenters. The van der Waals surface area contributed by atoms with Crippen molar-refractivity contribution in [1.82, 2.24) is 20.1 Å². The van der Waals surface area contributed by atoms with Crippen molar-refractivity contribution in [1.29, 1.82) is 0 Å². The number of H-pyrrole nitrogens is 1. The Balaban J connectivity index is 1.50. The van der Waals surface area contributed by atoms with Gasteiger partial charge in [0.15, 0.2) is 6.10 Å². The fraction of sp³-hybridized carbons (Fsp3) is 0.389. The van der Waals surface area contributed by atoms with E-state index in [-0.39, 0.29) is 12.0 Å². The average molecular weight is 340 g/mol. The van der Waals surface area contributed by atoms with Gasteiger partial charge in [0.2, 0.25) is 17.7 Å². The van der Waals surface area contributed by atoms with Gasteiger partial charge in [-0.05, 0) is 24.1 Å². The van der Waals surface area contributed by atoms with Gasteiger partial charge in [-0.25, -0.2) is 0 Å². The minimum atomic E-state index is -0.358. The maximum atomic E-state index is 12.8. The van der Waals surface area contributed by atoms with Gasteiger partial charge in [-0.3, -0.25) is 4.79 Å². The summed E-state index contributed by atoms with van der Waals surface area (Å²) in [6.07, 6.45) is 1.93. The Morgan fingerprint density at radius 3 is 3.04 bits per heavy atom. The maximum absolute atomic E-state index is 12.8. The van der Waals surface area contributed by atoms with Crippen LogP contribution < -0.4 is 0 Å². The Morgan fingerprint density at radius 2 is 2.24 bits per heavy atom. The SMILES string of the molecule is Cc1nnc([C@@H]2CN(C(=O)Cc3c[nH]c4cccc(C)c34)CCO2)o1. The predicted molar refractivity (Wildman–Crippen MR) is 91.0 cm³/mol. The van der Waals surface area contributed by atoms with Crippen molar-refractivity contribution in [3.05, 3.63) is 47.3 Å². The summed E-state index contributed by atoms with van der Waals surface area (Å²) in [5.41, 5.74) is 3.25. The van der Waals surface area contributed by atoms with E-state index in [0.29, 0.717) is 37.9 Å². The number of rotatable bonds is 3. The number of benzene rings is 1. The van der Waals surface area contributed by atoms with Crippen molar-refractivity contribution in [2.45, 2.75) is 26.4 Å². The molecule has 1 aromatic carbocycles. The van der Waals surface area contributed by atoms with Crippen LogP contribution in [0.5, 0.6) is 0 Å². The lowest BCUT2D eigenvalue weighted by molar-refractivity contribution is -0.139.